The Labute approximate surface area is 132 Å². The number of carbonyl (C=O) groups is 2. The fourth-order valence-corrected chi connectivity index (χ4v) is 3.88. The van der Waals surface area contributed by atoms with Gasteiger partial charge in [0.2, 0.25) is 5.91 Å². The first-order valence-corrected chi connectivity index (χ1v) is 8.48. The third-order valence-electron chi connectivity index (χ3n) is 4.93. The van der Waals surface area contributed by atoms with Crippen LogP contribution in [-0.2, 0) is 9.59 Å². The second-order valence-electron chi connectivity index (χ2n) is 6.95. The van der Waals surface area contributed by atoms with Gasteiger partial charge < -0.3 is 16.2 Å². The van der Waals surface area contributed by atoms with Crippen molar-refractivity contribution in [2.75, 3.05) is 26.2 Å². The maximum Gasteiger partial charge on any atom is 0.303 e. The van der Waals surface area contributed by atoms with Crippen molar-refractivity contribution >= 4 is 11.9 Å². The standard InChI is InChI=1S/C16H29N3O3/c17-15(20)11-19-9-13(5-6-16(21)22)7-14(10-19)18-8-12-3-1-2-4-12/h12-14,18H,1-11H2,(H2,17,20)(H,21,22). The minimum absolute atomic E-state index is 0.199. The third-order valence-corrected chi connectivity index (χ3v) is 4.93. The Morgan fingerprint density at radius 1 is 1.18 bits per heavy atom. The van der Waals surface area contributed by atoms with Gasteiger partial charge in [-0.05, 0) is 44.1 Å². The molecule has 0 aromatic heterocycles. The number of aliphatic carboxylic acids is 1. The summed E-state index contributed by atoms with van der Waals surface area (Å²) in [5, 5.41) is 12.5. The van der Waals surface area contributed by atoms with Crippen LogP contribution in [0.5, 0.6) is 0 Å². The SMILES string of the molecule is NC(=O)CN1CC(CCC(=O)O)CC(NCC2CCCC2)C1. The van der Waals surface area contributed by atoms with Crippen LogP contribution in [0.25, 0.3) is 0 Å². The van der Waals surface area contributed by atoms with Gasteiger partial charge in [0.15, 0.2) is 0 Å². The average molecular weight is 311 g/mol. The van der Waals surface area contributed by atoms with Gasteiger partial charge in [0.05, 0.1) is 6.54 Å². The summed E-state index contributed by atoms with van der Waals surface area (Å²) in [6.07, 6.45) is 7.17. The molecule has 22 heavy (non-hydrogen) atoms. The Balaban J connectivity index is 1.83. The van der Waals surface area contributed by atoms with E-state index in [0.29, 0.717) is 18.4 Å². The van der Waals surface area contributed by atoms with Crippen LogP contribution in [0.4, 0.5) is 0 Å². The Kier molecular flexibility index (Phi) is 6.64. The molecule has 126 valence electrons. The highest BCUT2D eigenvalue weighted by Crippen LogP contribution is 2.25. The largest absolute Gasteiger partial charge is 0.481 e. The number of hydrogen-bond acceptors (Lipinski definition) is 4. The summed E-state index contributed by atoms with van der Waals surface area (Å²) in [7, 11) is 0. The van der Waals surface area contributed by atoms with E-state index in [9.17, 15) is 9.59 Å². The number of nitrogens with two attached hydrogens (primary N) is 1. The van der Waals surface area contributed by atoms with E-state index >= 15 is 0 Å². The zero-order valence-electron chi connectivity index (χ0n) is 13.3. The van der Waals surface area contributed by atoms with Crippen LogP contribution in [0.15, 0.2) is 0 Å². The smallest absolute Gasteiger partial charge is 0.303 e. The molecule has 0 aromatic rings. The topological polar surface area (TPSA) is 95.7 Å². The van der Waals surface area contributed by atoms with Gasteiger partial charge in [-0.1, -0.05) is 12.8 Å². The molecule has 6 heteroatoms. The number of carboxylic acids is 1. The normalized spacial score (nSPS) is 27.1. The number of primary amides is 1. The molecule has 0 aromatic carbocycles. The molecule has 1 heterocycles. The number of carbonyl (C=O) groups excluding carboxylic acids is 1. The van der Waals surface area contributed by atoms with Crippen LogP contribution in [0.2, 0.25) is 0 Å². The van der Waals surface area contributed by atoms with Gasteiger partial charge in [0.1, 0.15) is 0 Å². The second-order valence-corrected chi connectivity index (χ2v) is 6.95. The van der Waals surface area contributed by atoms with E-state index in [1.807, 2.05) is 0 Å². The van der Waals surface area contributed by atoms with E-state index in [0.717, 1.165) is 32.0 Å². The van der Waals surface area contributed by atoms with Crippen LogP contribution in [0.3, 0.4) is 0 Å². The van der Waals surface area contributed by atoms with Crippen molar-refractivity contribution in [3.63, 3.8) is 0 Å². The Hall–Kier alpha value is -1.14. The fraction of sp³-hybridized carbons (Fsp3) is 0.875. The summed E-state index contributed by atoms with van der Waals surface area (Å²) < 4.78 is 0. The molecule has 2 atom stereocenters. The minimum Gasteiger partial charge on any atom is -0.481 e. The summed E-state index contributed by atoms with van der Waals surface area (Å²) in [5.41, 5.74) is 5.31. The Morgan fingerprint density at radius 2 is 1.91 bits per heavy atom. The van der Waals surface area contributed by atoms with Gasteiger partial charge in [-0.15, -0.1) is 0 Å². The number of likely N-dealkylation sites (tertiary alicyclic amines) is 1. The van der Waals surface area contributed by atoms with Crippen LogP contribution in [-0.4, -0.2) is 54.1 Å². The van der Waals surface area contributed by atoms with Crippen molar-refractivity contribution < 1.29 is 14.7 Å². The molecule has 2 aliphatic rings. The van der Waals surface area contributed by atoms with Crippen molar-refractivity contribution in [2.24, 2.45) is 17.6 Å². The molecule has 1 saturated heterocycles. The molecule has 2 unspecified atom stereocenters. The number of amides is 1. The van der Waals surface area contributed by atoms with E-state index in [1.165, 1.54) is 25.7 Å². The van der Waals surface area contributed by atoms with Gasteiger partial charge in [-0.3, -0.25) is 14.5 Å². The van der Waals surface area contributed by atoms with E-state index in [-0.39, 0.29) is 18.9 Å². The monoisotopic (exact) mass is 311 g/mol. The molecule has 0 radical (unpaired) electrons. The lowest BCUT2D eigenvalue weighted by Crippen LogP contribution is -2.52. The van der Waals surface area contributed by atoms with Crippen LogP contribution in [0, 0.1) is 11.8 Å². The lowest BCUT2D eigenvalue weighted by atomic mass is 9.90. The molecular formula is C16H29N3O3. The molecule has 0 spiro atoms. The van der Waals surface area contributed by atoms with Crippen LogP contribution < -0.4 is 11.1 Å². The molecule has 6 nitrogen and oxygen atoms in total. The summed E-state index contributed by atoms with van der Waals surface area (Å²) in [4.78, 5) is 24.0. The first-order valence-electron chi connectivity index (χ1n) is 8.48. The molecule has 1 aliphatic carbocycles. The van der Waals surface area contributed by atoms with Crippen molar-refractivity contribution in [1.29, 1.82) is 0 Å². The third kappa shape index (κ3) is 5.93. The summed E-state index contributed by atoms with van der Waals surface area (Å²) >= 11 is 0. The van der Waals surface area contributed by atoms with Gasteiger partial charge in [0.25, 0.3) is 0 Å². The summed E-state index contributed by atoms with van der Waals surface area (Å²) in [5.74, 6) is 0.0465. The van der Waals surface area contributed by atoms with Crippen molar-refractivity contribution in [3.8, 4) is 0 Å². The Bertz CT molecular complexity index is 383. The van der Waals surface area contributed by atoms with Crippen molar-refractivity contribution in [1.82, 2.24) is 10.2 Å². The lowest BCUT2D eigenvalue weighted by molar-refractivity contribution is -0.137. The van der Waals surface area contributed by atoms with Gasteiger partial charge in [0, 0.05) is 25.6 Å². The first kappa shape index (κ1) is 17.2. The Morgan fingerprint density at radius 3 is 2.55 bits per heavy atom. The molecule has 0 bridgehead atoms. The summed E-state index contributed by atoms with van der Waals surface area (Å²) in [6, 6.07) is 0.340. The van der Waals surface area contributed by atoms with E-state index in [2.05, 4.69) is 10.2 Å². The van der Waals surface area contributed by atoms with Gasteiger partial charge in [-0.2, -0.15) is 0 Å². The number of piperidine rings is 1. The quantitative estimate of drug-likeness (QED) is 0.616. The minimum atomic E-state index is -0.748. The predicted molar refractivity (Wildman–Crippen MR) is 84.4 cm³/mol. The van der Waals surface area contributed by atoms with E-state index < -0.39 is 5.97 Å². The number of hydrogen-bond donors (Lipinski definition) is 3. The number of carboxylic acid groups (broad SMARTS) is 1. The molecule has 1 saturated carbocycles. The highest BCUT2D eigenvalue weighted by Gasteiger charge is 2.28. The number of nitrogens with one attached hydrogen (secondary N) is 1. The molecular weight excluding hydrogens is 282 g/mol. The maximum atomic E-state index is 11.2. The highest BCUT2D eigenvalue weighted by atomic mass is 16.4. The molecule has 2 fully saturated rings. The zero-order chi connectivity index (χ0) is 15.9. The highest BCUT2D eigenvalue weighted by molar-refractivity contribution is 5.75. The van der Waals surface area contributed by atoms with Crippen LogP contribution >= 0.6 is 0 Å². The molecule has 4 N–H and O–H groups in total. The lowest BCUT2D eigenvalue weighted by Gasteiger charge is -2.38. The van der Waals surface area contributed by atoms with E-state index in [4.69, 9.17) is 10.8 Å². The van der Waals surface area contributed by atoms with Crippen molar-refractivity contribution in [2.45, 2.75) is 51.0 Å². The molecule has 1 amide bonds. The predicted octanol–water partition coefficient (Wildman–Crippen LogP) is 0.807. The van der Waals surface area contributed by atoms with Gasteiger partial charge in [-0.25, -0.2) is 0 Å². The average Bonchev–Trinajstić information content (AvgIpc) is 2.95. The zero-order valence-corrected chi connectivity index (χ0v) is 13.3. The van der Waals surface area contributed by atoms with Crippen molar-refractivity contribution in [3.05, 3.63) is 0 Å². The fourth-order valence-electron chi connectivity index (χ4n) is 3.88. The maximum absolute atomic E-state index is 11.2. The number of nitrogens with zero attached hydrogens (tertiary/aromatic N) is 1. The summed E-state index contributed by atoms with van der Waals surface area (Å²) in [6.45, 7) is 2.92. The molecule has 1 aliphatic heterocycles. The van der Waals surface area contributed by atoms with E-state index in [1.54, 1.807) is 0 Å². The first-order chi connectivity index (χ1) is 10.5. The van der Waals surface area contributed by atoms with Gasteiger partial charge >= 0.3 is 5.97 Å². The second kappa shape index (κ2) is 8.48. The number of rotatable bonds is 8. The van der Waals surface area contributed by atoms with Crippen LogP contribution in [0.1, 0.15) is 44.9 Å². The molecule has 2 rings (SSSR count).